The first kappa shape index (κ1) is 19.5. The summed E-state index contributed by atoms with van der Waals surface area (Å²) in [6, 6.07) is 0. The number of unbranched alkanes of at least 4 members (excludes halogenated alkanes) is 5. The van der Waals surface area contributed by atoms with Gasteiger partial charge in [-0.2, -0.15) is 0 Å². The zero-order valence-electron chi connectivity index (χ0n) is 10.8. The summed E-state index contributed by atoms with van der Waals surface area (Å²) in [5.74, 6) is 0. The van der Waals surface area contributed by atoms with Gasteiger partial charge in [0.2, 0.25) is 0 Å². The molecule has 4 N–H and O–H groups in total. The molecule has 0 saturated heterocycles. The van der Waals surface area contributed by atoms with Gasteiger partial charge in [-0.05, 0) is 13.1 Å². The molecular weight excluding hydrogens is 172 g/mol. The Morgan fingerprint density at radius 2 is 0.786 bits per heavy atom. The van der Waals surface area contributed by atoms with Crippen molar-refractivity contribution < 1.29 is 0 Å². The fraction of sp³-hybridized carbons (Fsp3) is 1.00. The highest BCUT2D eigenvalue weighted by molar-refractivity contribution is 4.39. The summed E-state index contributed by atoms with van der Waals surface area (Å²) < 4.78 is 0. The second-order valence-electron chi connectivity index (χ2n) is 3.23. The molecule has 0 radical (unpaired) electrons. The van der Waals surface area contributed by atoms with E-state index in [0.717, 1.165) is 13.1 Å². The molecule has 0 spiro atoms. The van der Waals surface area contributed by atoms with Crippen LogP contribution in [0.1, 0.15) is 66.2 Å². The summed E-state index contributed by atoms with van der Waals surface area (Å²) in [5.41, 5.74) is 9.69. The van der Waals surface area contributed by atoms with Crippen LogP contribution in [0.3, 0.4) is 0 Å². The van der Waals surface area contributed by atoms with E-state index in [9.17, 15) is 0 Å². The number of hydrogen-bond donors (Lipinski definition) is 2. The van der Waals surface area contributed by atoms with E-state index in [1.54, 1.807) is 0 Å². The summed E-state index contributed by atoms with van der Waals surface area (Å²) in [6.45, 7) is 9.82. The van der Waals surface area contributed by atoms with E-state index >= 15 is 0 Å². The van der Waals surface area contributed by atoms with E-state index in [4.69, 9.17) is 11.5 Å². The topological polar surface area (TPSA) is 52.0 Å². The summed E-state index contributed by atoms with van der Waals surface area (Å²) in [6.07, 6.45) is 8.49. The SMILES string of the molecule is CCCCCCCC.CCN.CCN. The highest BCUT2D eigenvalue weighted by Crippen LogP contribution is 2.03. The summed E-state index contributed by atoms with van der Waals surface area (Å²) in [7, 11) is 0. The lowest BCUT2D eigenvalue weighted by Crippen LogP contribution is -1.87. The maximum Gasteiger partial charge on any atom is -0.0106 e. The average molecular weight is 204 g/mol. The molecule has 0 aliphatic heterocycles. The van der Waals surface area contributed by atoms with E-state index < -0.39 is 0 Å². The van der Waals surface area contributed by atoms with Gasteiger partial charge in [-0.15, -0.1) is 0 Å². The quantitative estimate of drug-likeness (QED) is 0.675. The van der Waals surface area contributed by atoms with Crippen molar-refractivity contribution in [3.63, 3.8) is 0 Å². The lowest BCUT2D eigenvalue weighted by Gasteiger charge is -1.93. The predicted molar refractivity (Wildman–Crippen MR) is 68.5 cm³/mol. The van der Waals surface area contributed by atoms with Crippen molar-refractivity contribution in [3.8, 4) is 0 Å². The van der Waals surface area contributed by atoms with Gasteiger partial charge in [0.1, 0.15) is 0 Å². The number of rotatable bonds is 5. The molecule has 0 bridgehead atoms. The molecule has 0 unspecified atom stereocenters. The maximum atomic E-state index is 4.85. The Morgan fingerprint density at radius 3 is 0.929 bits per heavy atom. The van der Waals surface area contributed by atoms with Crippen molar-refractivity contribution in [2.75, 3.05) is 13.1 Å². The van der Waals surface area contributed by atoms with Crippen molar-refractivity contribution >= 4 is 0 Å². The highest BCUT2D eigenvalue weighted by Gasteiger charge is 1.83. The van der Waals surface area contributed by atoms with Gasteiger partial charge in [0.05, 0.1) is 0 Å². The molecule has 90 valence electrons. The fourth-order valence-electron chi connectivity index (χ4n) is 0.854. The molecule has 2 nitrogen and oxygen atoms in total. The minimum atomic E-state index is 0.750. The number of hydrogen-bond acceptors (Lipinski definition) is 2. The van der Waals surface area contributed by atoms with Crippen molar-refractivity contribution in [1.82, 2.24) is 0 Å². The third kappa shape index (κ3) is 58.7. The summed E-state index contributed by atoms with van der Waals surface area (Å²) in [4.78, 5) is 0. The van der Waals surface area contributed by atoms with Crippen LogP contribution in [0, 0.1) is 0 Å². The monoisotopic (exact) mass is 204 g/mol. The van der Waals surface area contributed by atoms with Crippen molar-refractivity contribution in [2.45, 2.75) is 66.2 Å². The standard InChI is InChI=1S/C8H18.2C2H7N/c1-3-5-7-8-6-4-2;2*1-2-3/h3-8H2,1-2H3;2*2-3H2,1H3. The van der Waals surface area contributed by atoms with E-state index in [1.165, 1.54) is 38.5 Å². The largest absolute Gasteiger partial charge is 0.331 e. The van der Waals surface area contributed by atoms with E-state index in [1.807, 2.05) is 13.8 Å². The summed E-state index contributed by atoms with van der Waals surface area (Å²) in [5, 5.41) is 0. The van der Waals surface area contributed by atoms with Gasteiger partial charge in [0.25, 0.3) is 0 Å². The molecule has 0 rings (SSSR count). The predicted octanol–water partition coefficient (Wildman–Crippen LogP) is 3.30. The Labute approximate surface area is 91.4 Å². The second kappa shape index (κ2) is 29.3. The zero-order valence-corrected chi connectivity index (χ0v) is 10.8. The van der Waals surface area contributed by atoms with Gasteiger partial charge in [0.15, 0.2) is 0 Å². The molecule has 0 aromatic rings. The van der Waals surface area contributed by atoms with Gasteiger partial charge < -0.3 is 11.5 Å². The van der Waals surface area contributed by atoms with Gasteiger partial charge in [-0.3, -0.25) is 0 Å². The van der Waals surface area contributed by atoms with Crippen LogP contribution in [0.5, 0.6) is 0 Å². The highest BCUT2D eigenvalue weighted by atomic mass is 14.5. The first-order chi connectivity index (χ1) is 6.74. The smallest absolute Gasteiger partial charge is 0.0106 e. The minimum absolute atomic E-state index is 0.750. The Balaban J connectivity index is -0.000000168. The van der Waals surface area contributed by atoms with E-state index in [0.29, 0.717) is 0 Å². The van der Waals surface area contributed by atoms with E-state index in [-0.39, 0.29) is 0 Å². The molecule has 0 amide bonds. The van der Waals surface area contributed by atoms with Crippen LogP contribution >= 0.6 is 0 Å². The van der Waals surface area contributed by atoms with Crippen LogP contribution in [0.2, 0.25) is 0 Å². The Hall–Kier alpha value is -0.0800. The van der Waals surface area contributed by atoms with Crippen LogP contribution in [-0.4, -0.2) is 13.1 Å². The minimum Gasteiger partial charge on any atom is -0.331 e. The normalized spacial score (nSPS) is 8.14. The molecule has 0 aliphatic carbocycles. The van der Waals surface area contributed by atoms with Crippen LogP contribution in [0.15, 0.2) is 0 Å². The van der Waals surface area contributed by atoms with Gasteiger partial charge in [0, 0.05) is 0 Å². The molecule has 0 aliphatic rings. The zero-order chi connectivity index (χ0) is 11.7. The van der Waals surface area contributed by atoms with Gasteiger partial charge in [-0.1, -0.05) is 66.2 Å². The molecular formula is C12H32N2. The molecule has 2 heteroatoms. The summed E-state index contributed by atoms with van der Waals surface area (Å²) >= 11 is 0. The number of nitrogens with two attached hydrogens (primary N) is 2. The average Bonchev–Trinajstić information content (AvgIpc) is 2.15. The van der Waals surface area contributed by atoms with Crippen molar-refractivity contribution in [2.24, 2.45) is 11.5 Å². The van der Waals surface area contributed by atoms with Crippen LogP contribution < -0.4 is 11.5 Å². The molecule has 0 aromatic heterocycles. The third-order valence-electron chi connectivity index (χ3n) is 1.46. The van der Waals surface area contributed by atoms with Gasteiger partial charge in [-0.25, -0.2) is 0 Å². The fourth-order valence-corrected chi connectivity index (χ4v) is 0.854. The molecule has 0 fully saturated rings. The third-order valence-corrected chi connectivity index (χ3v) is 1.46. The first-order valence-corrected chi connectivity index (χ1v) is 6.14. The Bertz CT molecular complexity index is 48.3. The Morgan fingerprint density at radius 1 is 0.571 bits per heavy atom. The molecule has 0 atom stereocenters. The van der Waals surface area contributed by atoms with Crippen LogP contribution in [-0.2, 0) is 0 Å². The molecule has 0 heterocycles. The first-order valence-electron chi connectivity index (χ1n) is 6.14. The van der Waals surface area contributed by atoms with E-state index in [2.05, 4.69) is 13.8 Å². The van der Waals surface area contributed by atoms with Crippen LogP contribution in [0.4, 0.5) is 0 Å². The van der Waals surface area contributed by atoms with Crippen molar-refractivity contribution in [3.05, 3.63) is 0 Å². The Kier molecular flexibility index (Phi) is 40.7. The van der Waals surface area contributed by atoms with Crippen LogP contribution in [0.25, 0.3) is 0 Å². The lowest BCUT2D eigenvalue weighted by atomic mass is 10.1. The van der Waals surface area contributed by atoms with Crippen molar-refractivity contribution in [1.29, 1.82) is 0 Å². The lowest BCUT2D eigenvalue weighted by molar-refractivity contribution is 0.624. The second-order valence-corrected chi connectivity index (χ2v) is 3.23. The molecule has 0 aromatic carbocycles. The maximum absolute atomic E-state index is 4.85. The molecule has 0 saturated carbocycles. The molecule has 14 heavy (non-hydrogen) atoms. The van der Waals surface area contributed by atoms with Gasteiger partial charge >= 0.3 is 0 Å².